The van der Waals surface area contributed by atoms with Crippen molar-refractivity contribution >= 4 is 35.8 Å². The van der Waals surface area contributed by atoms with E-state index in [1.165, 1.54) is 0 Å². The van der Waals surface area contributed by atoms with Gasteiger partial charge in [0.05, 0.1) is 0 Å². The van der Waals surface area contributed by atoms with Crippen LogP contribution < -0.4 is 104 Å². The minimum absolute atomic E-state index is 0. The molecule has 0 amide bonds. The molecule has 0 aliphatic heterocycles. The van der Waals surface area contributed by atoms with Gasteiger partial charge in [0.2, 0.25) is 0 Å². The van der Waals surface area contributed by atoms with Crippen molar-refractivity contribution in [3.63, 3.8) is 0 Å². The number of ether oxygens (including phenoxy) is 3. The predicted molar refractivity (Wildman–Crippen MR) is 185 cm³/mol. The summed E-state index contributed by atoms with van der Waals surface area (Å²) in [6.07, 6.45) is 21.2. The normalized spacial score (nSPS) is 10.4. The van der Waals surface area contributed by atoms with E-state index in [1.54, 1.807) is 0 Å². The number of aliphatic carboxylic acids is 3. The monoisotopic (exact) mass is 794 g/mol. The van der Waals surface area contributed by atoms with Crippen molar-refractivity contribution < 1.29 is 147 Å². The molecule has 0 atom stereocenters. The molecule has 0 heterocycles. The maximum atomic E-state index is 12.6. The minimum Gasteiger partial charge on any atom is -0.550 e. The van der Waals surface area contributed by atoms with Crippen LogP contribution in [-0.2, 0) is 43.0 Å². The summed E-state index contributed by atoms with van der Waals surface area (Å²) in [5, 5.41) is 31.4. The Balaban J connectivity index is -0.00000417. The summed E-state index contributed by atoms with van der Waals surface area (Å²) in [6.45, 7) is -0.380. The van der Waals surface area contributed by atoms with Gasteiger partial charge in [-0.25, -0.2) is 0 Å². The molecule has 54 heavy (non-hydrogen) atoms. The molecule has 0 rings (SSSR count). The maximum absolute atomic E-state index is 12.6. The van der Waals surface area contributed by atoms with Crippen LogP contribution in [0.5, 0.6) is 0 Å². The standard InChI is InChI=1S/C39H68O12.3Na/c40-34(41)25-19-13-7-1-4-10-16-22-28-37(46)49-31-33(51-39(48)30-24-18-12-6-3-9-15-21-27-36(44)45)32-50-38(47)29-23-17-11-5-2-8-14-20-26-35(42)43;;;/h33H,1-32H2,(H,40,41)(H,42,43)(H,44,45);;;/q;3*+1/p-3. The molecule has 0 saturated carbocycles. The van der Waals surface area contributed by atoms with Crippen molar-refractivity contribution in [3.05, 3.63) is 0 Å². The first kappa shape index (κ1) is 60.5. The molecule has 0 aromatic heterocycles. The first-order valence-electron chi connectivity index (χ1n) is 19.7. The molecular weight excluding hydrogens is 729 g/mol. The molecule has 0 bridgehead atoms. The summed E-state index contributed by atoms with van der Waals surface area (Å²) in [5.74, 6) is -4.27. The number of carbonyl (C=O) groups is 6. The van der Waals surface area contributed by atoms with Crippen LogP contribution in [0.3, 0.4) is 0 Å². The number of carboxylic acids is 3. The Morgan fingerprint density at radius 3 is 0.759 bits per heavy atom. The van der Waals surface area contributed by atoms with Crippen molar-refractivity contribution in [1.82, 2.24) is 0 Å². The van der Waals surface area contributed by atoms with Crippen molar-refractivity contribution in [3.8, 4) is 0 Å². The maximum Gasteiger partial charge on any atom is 1.00 e. The van der Waals surface area contributed by atoms with Crippen LogP contribution in [0.4, 0.5) is 0 Å². The van der Waals surface area contributed by atoms with Gasteiger partial charge in [-0.1, -0.05) is 116 Å². The van der Waals surface area contributed by atoms with Gasteiger partial charge in [-0.05, 0) is 57.8 Å². The SMILES string of the molecule is O=C([O-])CCCCCCCCCCC(=O)OCC(COC(=O)CCCCCCCCCCC(=O)[O-])OC(=O)CCCCCCCCCCC(=O)[O-].[Na+].[Na+].[Na+]. The molecule has 0 spiro atoms. The molecule has 0 N–H and O–H groups in total. The van der Waals surface area contributed by atoms with Crippen LogP contribution in [-0.4, -0.2) is 55.1 Å². The Morgan fingerprint density at radius 1 is 0.315 bits per heavy atom. The van der Waals surface area contributed by atoms with E-state index in [1.807, 2.05) is 0 Å². The summed E-state index contributed by atoms with van der Waals surface area (Å²) < 4.78 is 16.3. The van der Waals surface area contributed by atoms with Crippen molar-refractivity contribution in [2.24, 2.45) is 0 Å². The molecule has 15 heteroatoms. The second-order valence-corrected chi connectivity index (χ2v) is 13.6. The van der Waals surface area contributed by atoms with Gasteiger partial charge in [-0.3, -0.25) is 14.4 Å². The first-order valence-corrected chi connectivity index (χ1v) is 19.7. The van der Waals surface area contributed by atoms with Crippen LogP contribution >= 0.6 is 0 Å². The Morgan fingerprint density at radius 2 is 0.519 bits per heavy atom. The van der Waals surface area contributed by atoms with Crippen LogP contribution in [0, 0.1) is 0 Å². The van der Waals surface area contributed by atoms with Gasteiger partial charge >= 0.3 is 107 Å². The zero-order valence-corrected chi connectivity index (χ0v) is 40.1. The Labute approximate surface area is 391 Å². The zero-order chi connectivity index (χ0) is 37.8. The number of unbranched alkanes of at least 4 members (excludes halogenated alkanes) is 21. The average Bonchev–Trinajstić information content (AvgIpc) is 3.07. The number of carbonyl (C=O) groups excluding carboxylic acids is 6. The van der Waals surface area contributed by atoms with Gasteiger partial charge < -0.3 is 43.9 Å². The molecular formula is C39H65Na3O12. The second-order valence-electron chi connectivity index (χ2n) is 13.6. The largest absolute Gasteiger partial charge is 1.00 e. The van der Waals surface area contributed by atoms with E-state index in [-0.39, 0.29) is 140 Å². The third kappa shape index (κ3) is 48.0. The quantitative estimate of drug-likeness (QED) is 0.0254. The average molecular weight is 795 g/mol. The van der Waals surface area contributed by atoms with Gasteiger partial charge in [-0.15, -0.1) is 0 Å². The van der Waals surface area contributed by atoms with Crippen molar-refractivity contribution in [2.75, 3.05) is 13.2 Å². The van der Waals surface area contributed by atoms with E-state index in [0.29, 0.717) is 38.5 Å². The molecule has 0 saturated heterocycles. The van der Waals surface area contributed by atoms with Crippen LogP contribution in [0.2, 0.25) is 0 Å². The summed E-state index contributed by atoms with van der Waals surface area (Å²) >= 11 is 0. The Kier molecular flexibility index (Phi) is 51.0. The molecule has 0 aliphatic rings. The number of hydrogen-bond donors (Lipinski definition) is 0. The van der Waals surface area contributed by atoms with Crippen LogP contribution in [0.1, 0.15) is 193 Å². The fraction of sp³-hybridized carbons (Fsp3) is 0.846. The Hall–Kier alpha value is -0.180. The molecule has 12 nitrogen and oxygen atoms in total. The number of esters is 3. The van der Waals surface area contributed by atoms with Crippen molar-refractivity contribution in [1.29, 1.82) is 0 Å². The second kappa shape index (κ2) is 45.5. The summed E-state index contributed by atoms with van der Waals surface area (Å²) in [5.41, 5.74) is 0. The fourth-order valence-corrected chi connectivity index (χ4v) is 5.68. The van der Waals surface area contributed by atoms with Gasteiger partial charge in [-0.2, -0.15) is 0 Å². The molecule has 0 radical (unpaired) electrons. The van der Waals surface area contributed by atoms with Crippen molar-refractivity contribution in [2.45, 2.75) is 199 Å². The molecule has 296 valence electrons. The van der Waals surface area contributed by atoms with E-state index >= 15 is 0 Å². The van der Waals surface area contributed by atoms with Gasteiger partial charge in [0.15, 0.2) is 6.10 Å². The molecule has 0 fully saturated rings. The Bertz CT molecular complexity index is 902. The van der Waals surface area contributed by atoms with E-state index in [9.17, 15) is 44.1 Å². The van der Waals surface area contributed by atoms with E-state index in [0.717, 1.165) is 116 Å². The third-order valence-electron chi connectivity index (χ3n) is 8.69. The van der Waals surface area contributed by atoms with E-state index < -0.39 is 41.9 Å². The first-order chi connectivity index (χ1) is 24.6. The van der Waals surface area contributed by atoms with E-state index in [2.05, 4.69) is 0 Å². The molecule has 0 unspecified atom stereocenters. The van der Waals surface area contributed by atoms with Crippen LogP contribution in [0.25, 0.3) is 0 Å². The topological polar surface area (TPSA) is 199 Å². The minimum atomic E-state index is -1.01. The van der Waals surface area contributed by atoms with Crippen LogP contribution in [0.15, 0.2) is 0 Å². The molecule has 0 aliphatic carbocycles. The van der Waals surface area contributed by atoms with Gasteiger partial charge in [0.1, 0.15) is 13.2 Å². The van der Waals surface area contributed by atoms with Gasteiger partial charge in [0.25, 0.3) is 0 Å². The van der Waals surface area contributed by atoms with E-state index in [4.69, 9.17) is 14.2 Å². The summed E-state index contributed by atoms with van der Waals surface area (Å²) in [4.78, 5) is 68.7. The third-order valence-corrected chi connectivity index (χ3v) is 8.69. The number of carboxylic acid groups (broad SMARTS) is 3. The number of rotatable bonds is 38. The fourth-order valence-electron chi connectivity index (χ4n) is 5.68. The van der Waals surface area contributed by atoms with Gasteiger partial charge in [0, 0.05) is 37.2 Å². The predicted octanol–water partition coefficient (Wildman–Crippen LogP) is -4.05. The zero-order valence-electron chi connectivity index (χ0n) is 34.1. The molecule has 0 aromatic rings. The smallest absolute Gasteiger partial charge is 0.550 e. The summed E-state index contributed by atoms with van der Waals surface area (Å²) in [6, 6.07) is 0. The summed E-state index contributed by atoms with van der Waals surface area (Å²) in [7, 11) is 0. The molecule has 0 aromatic carbocycles. The number of hydrogen-bond acceptors (Lipinski definition) is 12.